The maximum Gasteiger partial charge on any atom is 0.336 e. The molecular weight excluding hydrogens is 398 g/mol. The Kier molecular flexibility index (Phi) is 5.52. The van der Waals surface area contributed by atoms with Gasteiger partial charge in [-0.05, 0) is 42.4 Å². The van der Waals surface area contributed by atoms with Crippen molar-refractivity contribution in [3.8, 4) is 11.5 Å². The van der Waals surface area contributed by atoms with Crippen molar-refractivity contribution >= 4 is 11.7 Å². The third-order valence-corrected chi connectivity index (χ3v) is 6.48. The zero-order valence-electron chi connectivity index (χ0n) is 18.8. The first-order valence-electron chi connectivity index (χ1n) is 10.7. The average Bonchev–Trinajstić information content (AvgIpc) is 2.71. The highest BCUT2D eigenvalue weighted by molar-refractivity contribution is 5.90. The van der Waals surface area contributed by atoms with Gasteiger partial charge in [0.25, 0.3) is 0 Å². The SMILES string of the molecule is COC[C@H]1CCc2c3c(cc(OC)c2O1)C1=C[C@H](O)C(C(=O)O)=CN1C(C(C)(C)C)C3. The minimum atomic E-state index is -1.17. The number of aliphatic hydroxyl groups is 1. The Bertz CT molecular complexity index is 958. The Balaban J connectivity index is 1.88. The van der Waals surface area contributed by atoms with Crippen LogP contribution in [0.2, 0.25) is 0 Å². The van der Waals surface area contributed by atoms with E-state index in [1.807, 2.05) is 11.0 Å². The van der Waals surface area contributed by atoms with E-state index in [2.05, 4.69) is 20.8 Å². The first kappa shape index (κ1) is 21.7. The van der Waals surface area contributed by atoms with Gasteiger partial charge in [-0.2, -0.15) is 0 Å². The lowest BCUT2D eigenvalue weighted by Crippen LogP contribution is -2.47. The predicted octanol–water partition coefficient (Wildman–Crippen LogP) is 2.99. The molecule has 0 amide bonds. The second kappa shape index (κ2) is 7.88. The molecule has 3 heterocycles. The molecule has 0 saturated heterocycles. The summed E-state index contributed by atoms with van der Waals surface area (Å²) in [5.41, 5.74) is 3.97. The van der Waals surface area contributed by atoms with Gasteiger partial charge in [-0.3, -0.25) is 0 Å². The Morgan fingerprint density at radius 1 is 1.29 bits per heavy atom. The first-order valence-corrected chi connectivity index (χ1v) is 10.7. The molecule has 0 saturated carbocycles. The second-order valence-electron chi connectivity index (χ2n) is 9.53. The monoisotopic (exact) mass is 429 g/mol. The van der Waals surface area contributed by atoms with E-state index in [0.29, 0.717) is 12.4 Å². The number of hydrogen-bond acceptors (Lipinski definition) is 6. The maximum atomic E-state index is 11.7. The molecule has 3 aliphatic heterocycles. The fourth-order valence-corrected chi connectivity index (χ4v) is 4.88. The zero-order valence-corrected chi connectivity index (χ0v) is 18.8. The van der Waals surface area contributed by atoms with Crippen molar-refractivity contribution in [2.75, 3.05) is 20.8 Å². The number of carboxylic acids is 1. The average molecular weight is 430 g/mol. The van der Waals surface area contributed by atoms with Crippen molar-refractivity contribution in [3.05, 3.63) is 40.6 Å². The normalized spacial score (nSPS) is 24.8. The summed E-state index contributed by atoms with van der Waals surface area (Å²) in [6.07, 6.45) is 4.52. The third-order valence-electron chi connectivity index (χ3n) is 6.48. The second-order valence-corrected chi connectivity index (χ2v) is 9.53. The van der Waals surface area contributed by atoms with Crippen LogP contribution in [-0.4, -0.2) is 60.2 Å². The van der Waals surface area contributed by atoms with Crippen molar-refractivity contribution in [2.24, 2.45) is 5.41 Å². The molecular formula is C24H31NO6. The van der Waals surface area contributed by atoms with Crippen LogP contribution in [0.3, 0.4) is 0 Å². The number of aliphatic carboxylic acids is 1. The predicted molar refractivity (Wildman–Crippen MR) is 116 cm³/mol. The lowest BCUT2D eigenvalue weighted by atomic mass is 9.75. The number of methoxy groups -OCH3 is 2. The summed E-state index contributed by atoms with van der Waals surface area (Å²) < 4.78 is 17.2. The molecule has 31 heavy (non-hydrogen) atoms. The number of rotatable bonds is 4. The van der Waals surface area contributed by atoms with Gasteiger partial charge in [0.15, 0.2) is 11.5 Å². The Morgan fingerprint density at radius 3 is 2.65 bits per heavy atom. The van der Waals surface area contributed by atoms with E-state index in [4.69, 9.17) is 14.2 Å². The molecule has 0 radical (unpaired) electrons. The van der Waals surface area contributed by atoms with Gasteiger partial charge < -0.3 is 29.3 Å². The highest BCUT2D eigenvalue weighted by Gasteiger charge is 2.42. The van der Waals surface area contributed by atoms with E-state index in [9.17, 15) is 15.0 Å². The number of carboxylic acid groups (broad SMARTS) is 1. The van der Waals surface area contributed by atoms with Crippen molar-refractivity contribution in [2.45, 2.75) is 58.3 Å². The van der Waals surface area contributed by atoms with Crippen LogP contribution < -0.4 is 9.47 Å². The highest BCUT2D eigenvalue weighted by Crippen LogP contribution is 2.49. The molecule has 2 N–H and O–H groups in total. The van der Waals surface area contributed by atoms with Gasteiger partial charge in [-0.15, -0.1) is 0 Å². The molecule has 168 valence electrons. The summed E-state index contributed by atoms with van der Waals surface area (Å²) in [5, 5.41) is 20.1. The Labute approximate surface area is 182 Å². The van der Waals surface area contributed by atoms with Crippen LogP contribution in [0.25, 0.3) is 5.70 Å². The molecule has 4 rings (SSSR count). The summed E-state index contributed by atoms with van der Waals surface area (Å²) in [5.74, 6) is 0.309. The Hall–Kier alpha value is -2.51. The van der Waals surface area contributed by atoms with E-state index in [1.54, 1.807) is 26.5 Å². The van der Waals surface area contributed by atoms with E-state index in [0.717, 1.165) is 41.8 Å². The van der Waals surface area contributed by atoms with Crippen LogP contribution in [0.4, 0.5) is 0 Å². The number of nitrogens with zero attached hydrogens (tertiary/aromatic N) is 1. The zero-order chi connectivity index (χ0) is 22.5. The third kappa shape index (κ3) is 3.70. The minimum Gasteiger partial charge on any atom is -0.493 e. The highest BCUT2D eigenvalue weighted by atomic mass is 16.5. The molecule has 0 spiro atoms. The molecule has 0 fully saturated rings. The molecule has 7 nitrogen and oxygen atoms in total. The number of benzene rings is 1. The molecule has 3 aliphatic rings. The lowest BCUT2D eigenvalue weighted by molar-refractivity contribution is -0.133. The molecule has 1 aromatic carbocycles. The van der Waals surface area contributed by atoms with Crippen LogP contribution >= 0.6 is 0 Å². The molecule has 1 aromatic rings. The summed E-state index contributed by atoms with van der Waals surface area (Å²) in [6, 6.07) is 1.98. The summed E-state index contributed by atoms with van der Waals surface area (Å²) in [7, 11) is 3.29. The fourth-order valence-electron chi connectivity index (χ4n) is 4.88. The van der Waals surface area contributed by atoms with Crippen LogP contribution in [0.5, 0.6) is 11.5 Å². The van der Waals surface area contributed by atoms with E-state index >= 15 is 0 Å². The van der Waals surface area contributed by atoms with Crippen molar-refractivity contribution in [1.82, 2.24) is 4.90 Å². The quantitative estimate of drug-likeness (QED) is 0.761. The number of ether oxygens (including phenoxy) is 3. The van der Waals surface area contributed by atoms with Gasteiger partial charge in [-0.25, -0.2) is 4.79 Å². The topological polar surface area (TPSA) is 88.5 Å². The lowest BCUT2D eigenvalue weighted by Gasteiger charge is -2.47. The van der Waals surface area contributed by atoms with Crippen molar-refractivity contribution < 1.29 is 29.2 Å². The standard InChI is InChI=1S/C24H31NO6/c1-24(2,3)21-9-15-14-7-6-13(12-29-4)31-22(14)20(30-5)8-16(15)18-10-19(26)17(23(27)28)11-25(18)21/h8,10-11,13,19,21,26H,6-7,9,12H2,1-5H3,(H,27,28)/t13-,19+,21?/m1/s1. The Morgan fingerprint density at radius 2 is 2.03 bits per heavy atom. The van der Waals surface area contributed by atoms with Gasteiger partial charge >= 0.3 is 5.97 Å². The van der Waals surface area contributed by atoms with Gasteiger partial charge in [0.1, 0.15) is 12.2 Å². The molecule has 3 atom stereocenters. The molecule has 0 bridgehead atoms. The van der Waals surface area contributed by atoms with Crippen molar-refractivity contribution in [3.63, 3.8) is 0 Å². The van der Waals surface area contributed by atoms with Crippen molar-refractivity contribution in [1.29, 1.82) is 0 Å². The maximum absolute atomic E-state index is 11.7. The molecule has 7 heteroatoms. The molecule has 0 aliphatic carbocycles. The number of aliphatic hydroxyl groups excluding tert-OH is 1. The van der Waals surface area contributed by atoms with Crippen LogP contribution in [0.15, 0.2) is 23.9 Å². The summed E-state index contributed by atoms with van der Waals surface area (Å²) >= 11 is 0. The number of hydrogen-bond donors (Lipinski definition) is 2. The molecule has 0 aromatic heterocycles. The summed E-state index contributed by atoms with van der Waals surface area (Å²) in [6.45, 7) is 6.99. The van der Waals surface area contributed by atoms with E-state index in [1.165, 1.54) is 5.56 Å². The van der Waals surface area contributed by atoms with Gasteiger partial charge in [-0.1, -0.05) is 20.8 Å². The fraction of sp³-hybridized carbons (Fsp3) is 0.542. The van der Waals surface area contributed by atoms with E-state index < -0.39 is 12.1 Å². The smallest absolute Gasteiger partial charge is 0.336 e. The van der Waals surface area contributed by atoms with E-state index in [-0.39, 0.29) is 23.1 Å². The van der Waals surface area contributed by atoms with Gasteiger partial charge in [0.05, 0.1) is 19.3 Å². The molecule has 1 unspecified atom stereocenters. The van der Waals surface area contributed by atoms with Crippen LogP contribution in [0, 0.1) is 5.41 Å². The minimum absolute atomic E-state index is 0.0141. The van der Waals surface area contributed by atoms with Gasteiger partial charge in [0, 0.05) is 36.2 Å². The summed E-state index contributed by atoms with van der Waals surface area (Å²) in [4.78, 5) is 13.7. The van der Waals surface area contributed by atoms with Gasteiger partial charge in [0.2, 0.25) is 0 Å². The largest absolute Gasteiger partial charge is 0.493 e. The number of fused-ring (bicyclic) bond motifs is 5. The van der Waals surface area contributed by atoms with Crippen LogP contribution in [0.1, 0.15) is 43.9 Å². The first-order chi connectivity index (χ1) is 14.7. The number of carbonyl (C=O) groups is 1. The van der Waals surface area contributed by atoms with Crippen LogP contribution in [-0.2, 0) is 22.4 Å².